The second-order valence-corrected chi connectivity index (χ2v) is 17.0. The zero-order valence-corrected chi connectivity index (χ0v) is 34.5. The Kier molecular flexibility index (Phi) is 11.7. The minimum atomic E-state index is -1.61. The number of oxime groups is 1. The van der Waals surface area contributed by atoms with Crippen molar-refractivity contribution in [3.63, 3.8) is 0 Å². The summed E-state index contributed by atoms with van der Waals surface area (Å²) >= 11 is 4.68. The monoisotopic (exact) mass is 893 g/mol. The summed E-state index contributed by atoms with van der Waals surface area (Å²) in [4.78, 5) is 64.6. The van der Waals surface area contributed by atoms with Crippen LogP contribution < -0.4 is 10.6 Å². The smallest absolute Gasteiger partial charge is 0.353 e. The molecule has 0 radical (unpaired) electrons. The average Bonchev–Trinajstić information content (AvgIpc) is 3.63. The molecule has 2 atom stereocenters. The van der Waals surface area contributed by atoms with E-state index in [9.17, 15) is 24.3 Å². The van der Waals surface area contributed by atoms with Gasteiger partial charge in [0.15, 0.2) is 10.8 Å². The van der Waals surface area contributed by atoms with Crippen molar-refractivity contribution in [3.8, 4) is 0 Å². The quantitative estimate of drug-likeness (QED) is 0.0255. The van der Waals surface area contributed by atoms with Crippen LogP contribution in [0.4, 0.5) is 5.13 Å². The molecular formula is C40H40IN5O7S2. The molecule has 3 N–H and O–H groups in total. The predicted octanol–water partition coefficient (Wildman–Crippen LogP) is 6.56. The fourth-order valence-corrected chi connectivity index (χ4v) is 9.27. The highest BCUT2D eigenvalue weighted by atomic mass is 127. The number of aliphatic carboxylic acids is 1. The van der Waals surface area contributed by atoms with Crippen LogP contribution in [0.5, 0.6) is 0 Å². The van der Waals surface area contributed by atoms with Gasteiger partial charge in [-0.1, -0.05) is 119 Å². The molecule has 3 heterocycles. The number of carboxylic acids is 1. The standard InChI is InChI=1S/C40H40IN5O7S2/c1-38(2,3)52-36(51)39(4,5)53-45-29(32(47)43-30-33(48)46-31(35(49)50)24(21-41)22-54-34(30)46)28-23-55-37(42-28)44-40(25-15-9-6-10-16-25,26-17-11-7-12-18-26)27-19-13-8-14-20-27/h6-20,23,30,34H,21-22H2,1-5H3,(H,42,44)(H,43,47)(H,49,50)/t30?,34-/m0/s1. The lowest BCUT2D eigenvalue weighted by atomic mass is 9.77. The maximum Gasteiger partial charge on any atom is 0.353 e. The number of nitrogens with zero attached hydrogens (tertiary/aromatic N) is 3. The predicted molar refractivity (Wildman–Crippen MR) is 221 cm³/mol. The van der Waals surface area contributed by atoms with E-state index in [4.69, 9.17) is 14.6 Å². The molecule has 2 aliphatic heterocycles. The second kappa shape index (κ2) is 16.2. The molecule has 15 heteroatoms. The van der Waals surface area contributed by atoms with Crippen LogP contribution in [-0.2, 0) is 34.3 Å². The maximum absolute atomic E-state index is 14.2. The van der Waals surface area contributed by atoms with E-state index in [-0.39, 0.29) is 17.1 Å². The topological polar surface area (TPSA) is 160 Å². The van der Waals surface area contributed by atoms with E-state index in [1.165, 1.54) is 41.8 Å². The number of hydrogen-bond donors (Lipinski definition) is 3. The van der Waals surface area contributed by atoms with E-state index in [2.05, 4.69) is 38.4 Å². The summed E-state index contributed by atoms with van der Waals surface area (Å²) in [5.41, 5.74) is -0.116. The number of aromatic nitrogens is 1. The van der Waals surface area contributed by atoms with Gasteiger partial charge in [0, 0.05) is 15.6 Å². The molecule has 2 amide bonds. The molecule has 1 fully saturated rings. The number of esters is 1. The highest BCUT2D eigenvalue weighted by Gasteiger charge is 2.54. The molecule has 1 aromatic heterocycles. The Balaban J connectivity index is 1.37. The second-order valence-electron chi connectivity index (χ2n) is 14.3. The summed E-state index contributed by atoms with van der Waals surface area (Å²) in [7, 11) is 0. The van der Waals surface area contributed by atoms with Crippen LogP contribution in [0.1, 0.15) is 57.0 Å². The van der Waals surface area contributed by atoms with Gasteiger partial charge in [-0.25, -0.2) is 14.6 Å². The van der Waals surface area contributed by atoms with Gasteiger partial charge >= 0.3 is 11.9 Å². The van der Waals surface area contributed by atoms with Crippen molar-refractivity contribution in [1.82, 2.24) is 15.2 Å². The Labute approximate surface area is 340 Å². The minimum Gasteiger partial charge on any atom is -0.477 e. The highest BCUT2D eigenvalue weighted by Crippen LogP contribution is 2.42. The lowest BCUT2D eigenvalue weighted by molar-refractivity contribution is -0.179. The number of carboxylic acid groups (broad SMARTS) is 1. The Morgan fingerprint density at radius 2 is 1.47 bits per heavy atom. The summed E-state index contributed by atoms with van der Waals surface area (Å²) in [5.74, 6) is -2.86. The minimum absolute atomic E-state index is 0.0565. The molecular weight excluding hydrogens is 854 g/mol. The average molecular weight is 894 g/mol. The summed E-state index contributed by atoms with van der Waals surface area (Å²) in [6.07, 6.45) is 0. The number of thioether (sulfide) groups is 1. The van der Waals surface area contributed by atoms with Gasteiger partial charge in [0.25, 0.3) is 11.8 Å². The molecule has 1 saturated heterocycles. The lowest BCUT2D eigenvalue weighted by Gasteiger charge is -2.49. The van der Waals surface area contributed by atoms with Crippen molar-refractivity contribution >= 4 is 80.3 Å². The SMILES string of the molecule is CC(C)(C)OC(=O)C(C)(C)ON=C(C(=O)NC1C(=O)N2C(C(=O)O)=C(CI)CS[C@@H]12)c1csc(NC(c2ccccc2)(c2ccccc2)c2ccccc2)n1. The number of hydrogen-bond acceptors (Lipinski definition) is 11. The van der Waals surface area contributed by atoms with E-state index in [0.29, 0.717) is 20.9 Å². The number of halogens is 1. The van der Waals surface area contributed by atoms with Crippen LogP contribution in [0.3, 0.4) is 0 Å². The summed E-state index contributed by atoms with van der Waals surface area (Å²) in [6.45, 7) is 8.12. The number of anilines is 1. The Hall–Kier alpha value is -4.74. The van der Waals surface area contributed by atoms with Crippen LogP contribution in [0.2, 0.25) is 0 Å². The van der Waals surface area contributed by atoms with Gasteiger partial charge in [0.1, 0.15) is 33.9 Å². The van der Waals surface area contributed by atoms with Crippen LogP contribution in [-0.4, -0.2) is 77.3 Å². The Morgan fingerprint density at radius 1 is 0.927 bits per heavy atom. The first-order valence-electron chi connectivity index (χ1n) is 17.3. The molecule has 4 aromatic rings. The van der Waals surface area contributed by atoms with Crippen LogP contribution >= 0.6 is 45.7 Å². The molecule has 0 spiro atoms. The molecule has 12 nitrogen and oxygen atoms in total. The van der Waals surface area contributed by atoms with Gasteiger partial charge in [0.2, 0.25) is 5.60 Å². The molecule has 1 unspecified atom stereocenters. The van der Waals surface area contributed by atoms with E-state index >= 15 is 0 Å². The molecule has 0 bridgehead atoms. The van der Waals surface area contributed by atoms with Gasteiger partial charge in [-0.2, -0.15) is 0 Å². The fraction of sp³-hybridized carbons (Fsp3) is 0.300. The van der Waals surface area contributed by atoms with Crippen molar-refractivity contribution in [2.24, 2.45) is 5.16 Å². The number of amides is 2. The number of carbonyl (C=O) groups excluding carboxylic acids is 3. The van der Waals surface area contributed by atoms with E-state index < -0.39 is 51.9 Å². The normalized spacial score (nSPS) is 17.5. The van der Waals surface area contributed by atoms with Crippen molar-refractivity contribution in [2.75, 3.05) is 15.5 Å². The molecule has 0 saturated carbocycles. The first-order valence-corrected chi connectivity index (χ1v) is 20.8. The summed E-state index contributed by atoms with van der Waals surface area (Å²) in [6, 6.07) is 28.8. The van der Waals surface area contributed by atoms with Gasteiger partial charge in [0.05, 0.1) is 0 Å². The van der Waals surface area contributed by atoms with Gasteiger partial charge in [-0.05, 0) is 56.9 Å². The van der Waals surface area contributed by atoms with Crippen LogP contribution in [0.15, 0.2) is 113 Å². The molecule has 2 aliphatic rings. The zero-order valence-electron chi connectivity index (χ0n) is 30.7. The van der Waals surface area contributed by atoms with Crippen molar-refractivity contribution in [1.29, 1.82) is 0 Å². The van der Waals surface area contributed by atoms with Gasteiger partial charge < -0.3 is 25.3 Å². The number of rotatable bonds is 13. The zero-order chi connectivity index (χ0) is 39.5. The summed E-state index contributed by atoms with van der Waals surface area (Å²) in [5, 5.41) is 22.0. The Morgan fingerprint density at radius 3 is 1.96 bits per heavy atom. The number of benzene rings is 3. The number of thiazole rings is 1. The largest absolute Gasteiger partial charge is 0.477 e. The third-order valence-electron chi connectivity index (χ3n) is 8.83. The third kappa shape index (κ3) is 8.28. The van der Waals surface area contributed by atoms with Gasteiger partial charge in [-0.3, -0.25) is 14.5 Å². The van der Waals surface area contributed by atoms with Crippen molar-refractivity contribution in [2.45, 2.75) is 62.8 Å². The number of β-lactam (4-membered cyclic amide) rings is 1. The Bertz CT molecular complexity index is 2040. The maximum atomic E-state index is 14.2. The number of alkyl halides is 1. The first kappa shape index (κ1) is 39.9. The number of carbonyl (C=O) groups is 4. The number of fused-ring (bicyclic) bond motifs is 1. The third-order valence-corrected chi connectivity index (χ3v) is 11.8. The molecule has 6 rings (SSSR count). The van der Waals surface area contributed by atoms with Crippen molar-refractivity contribution < 1.29 is 33.9 Å². The number of ether oxygens (including phenoxy) is 1. The van der Waals surface area contributed by atoms with Crippen LogP contribution in [0.25, 0.3) is 0 Å². The molecule has 55 heavy (non-hydrogen) atoms. The van der Waals surface area contributed by atoms with E-state index in [0.717, 1.165) is 16.7 Å². The van der Waals surface area contributed by atoms with Crippen molar-refractivity contribution in [3.05, 3.63) is 130 Å². The fourth-order valence-electron chi connectivity index (χ4n) is 6.18. The first-order chi connectivity index (χ1) is 26.2. The molecule has 286 valence electrons. The lowest BCUT2D eigenvalue weighted by Crippen LogP contribution is -2.71. The molecule has 0 aliphatic carbocycles. The van der Waals surface area contributed by atoms with E-state index in [1.807, 2.05) is 91.0 Å². The van der Waals surface area contributed by atoms with Gasteiger partial charge in [-0.15, -0.1) is 23.1 Å². The summed E-state index contributed by atoms with van der Waals surface area (Å²) < 4.78 is 5.98. The van der Waals surface area contributed by atoms with Crippen LogP contribution in [0, 0.1) is 0 Å². The highest BCUT2D eigenvalue weighted by molar-refractivity contribution is 14.1. The number of nitrogens with one attached hydrogen (secondary N) is 2. The molecule has 3 aromatic carbocycles. The van der Waals surface area contributed by atoms with E-state index in [1.54, 1.807) is 26.2 Å².